The van der Waals surface area contributed by atoms with Crippen molar-refractivity contribution in [2.24, 2.45) is 10.7 Å². The monoisotopic (exact) mass is 375 g/mol. The zero-order valence-corrected chi connectivity index (χ0v) is 14.9. The van der Waals surface area contributed by atoms with Gasteiger partial charge in [0.05, 0.1) is 25.1 Å². The molecule has 2 aromatic rings. The lowest BCUT2D eigenvalue weighted by molar-refractivity contribution is -0.128. The van der Waals surface area contributed by atoms with E-state index in [1.807, 2.05) is 0 Å². The lowest BCUT2D eigenvalue weighted by atomic mass is 9.87. The highest BCUT2D eigenvalue weighted by Gasteiger charge is 2.38. The van der Waals surface area contributed by atoms with Crippen LogP contribution in [0, 0.1) is 5.82 Å². The van der Waals surface area contributed by atoms with Crippen molar-refractivity contribution in [1.82, 2.24) is 10.1 Å². The van der Waals surface area contributed by atoms with E-state index in [9.17, 15) is 14.0 Å². The van der Waals surface area contributed by atoms with E-state index in [2.05, 4.69) is 15.5 Å². The molecule has 1 unspecified atom stereocenters. The summed E-state index contributed by atoms with van der Waals surface area (Å²) in [4.78, 5) is 29.8. The average Bonchev–Trinajstić information content (AvgIpc) is 3.10. The van der Waals surface area contributed by atoms with E-state index < -0.39 is 17.3 Å². The fourth-order valence-electron chi connectivity index (χ4n) is 2.73. The summed E-state index contributed by atoms with van der Waals surface area (Å²) in [5.74, 6) is -1.35. The van der Waals surface area contributed by atoms with Crippen LogP contribution >= 0.6 is 0 Å². The number of nitrogens with zero attached hydrogens (tertiary/aromatic N) is 3. The Morgan fingerprint density at radius 3 is 2.81 bits per heavy atom. The van der Waals surface area contributed by atoms with E-state index in [0.29, 0.717) is 5.69 Å². The summed E-state index contributed by atoms with van der Waals surface area (Å²) < 4.78 is 24.2. The number of nitrogens with two attached hydrogens (primary N) is 1. The molecule has 0 aliphatic carbocycles. The van der Waals surface area contributed by atoms with Crippen molar-refractivity contribution in [3.63, 3.8) is 0 Å². The summed E-state index contributed by atoms with van der Waals surface area (Å²) in [5, 5.41) is 6.13. The molecule has 0 radical (unpaired) electrons. The Morgan fingerprint density at radius 1 is 1.44 bits per heavy atom. The molecule has 1 aromatic heterocycles. The summed E-state index contributed by atoms with van der Waals surface area (Å²) in [5.41, 5.74) is 5.03. The maximum absolute atomic E-state index is 14.5. The van der Waals surface area contributed by atoms with Gasteiger partial charge in [-0.05, 0) is 30.3 Å². The van der Waals surface area contributed by atoms with Crippen LogP contribution in [0.5, 0.6) is 5.88 Å². The van der Waals surface area contributed by atoms with Gasteiger partial charge in [-0.15, -0.1) is 0 Å². The van der Waals surface area contributed by atoms with Gasteiger partial charge in [0, 0.05) is 18.3 Å². The van der Waals surface area contributed by atoms with E-state index in [0.717, 1.165) is 0 Å². The van der Waals surface area contributed by atoms with Crippen LogP contribution in [-0.4, -0.2) is 42.0 Å². The molecule has 27 heavy (non-hydrogen) atoms. The molecule has 2 amide bonds. The van der Waals surface area contributed by atoms with Crippen molar-refractivity contribution in [3.8, 4) is 5.88 Å². The number of carbonyl (C=O) groups excluding carboxylic acids is 2. The number of rotatable bonds is 4. The van der Waals surface area contributed by atoms with Crippen molar-refractivity contribution in [1.29, 1.82) is 0 Å². The zero-order valence-electron chi connectivity index (χ0n) is 14.9. The number of aromatic nitrogens is 1. The lowest BCUT2D eigenvalue weighted by Gasteiger charge is -2.34. The highest BCUT2D eigenvalue weighted by Crippen LogP contribution is 2.35. The van der Waals surface area contributed by atoms with E-state index in [-0.39, 0.29) is 35.5 Å². The van der Waals surface area contributed by atoms with Crippen molar-refractivity contribution in [3.05, 3.63) is 41.4 Å². The largest absolute Gasteiger partial charge is 0.479 e. The smallest absolute Gasteiger partial charge is 0.294 e. The second-order valence-electron chi connectivity index (χ2n) is 6.26. The minimum Gasteiger partial charge on any atom is -0.479 e. The molecule has 0 saturated carbocycles. The third kappa shape index (κ3) is 3.46. The molecule has 1 aliphatic heterocycles. The van der Waals surface area contributed by atoms with Crippen molar-refractivity contribution in [2.45, 2.75) is 18.9 Å². The summed E-state index contributed by atoms with van der Waals surface area (Å²) >= 11 is 0. The number of anilines is 1. The van der Waals surface area contributed by atoms with Gasteiger partial charge in [0.2, 0.25) is 11.7 Å². The minimum absolute atomic E-state index is 0.00339. The molecular weight excluding hydrogens is 357 g/mol. The molecule has 0 saturated heterocycles. The van der Waals surface area contributed by atoms with Gasteiger partial charge in [0.1, 0.15) is 5.82 Å². The molecule has 1 atom stereocenters. The Balaban J connectivity index is 1.90. The molecule has 0 fully saturated rings. The van der Waals surface area contributed by atoms with E-state index in [1.165, 1.54) is 43.3 Å². The molecule has 2 heterocycles. The Hall–Kier alpha value is -3.43. The van der Waals surface area contributed by atoms with E-state index in [1.54, 1.807) is 6.92 Å². The lowest BCUT2D eigenvalue weighted by Crippen LogP contribution is -2.47. The number of benzene rings is 1. The molecule has 10 heteroatoms. The first-order valence-corrected chi connectivity index (χ1v) is 7.97. The van der Waals surface area contributed by atoms with Gasteiger partial charge in [-0.2, -0.15) is 0 Å². The van der Waals surface area contributed by atoms with Crippen LogP contribution in [0.3, 0.4) is 0 Å². The van der Waals surface area contributed by atoms with E-state index in [4.69, 9.17) is 15.0 Å². The molecule has 3 rings (SSSR count). The second kappa shape index (κ2) is 6.71. The third-order valence-corrected chi connectivity index (χ3v) is 4.30. The third-order valence-electron chi connectivity index (χ3n) is 4.30. The summed E-state index contributed by atoms with van der Waals surface area (Å²) in [6.07, 6.45) is -0.0577. The molecule has 1 aromatic carbocycles. The number of guanidine groups is 1. The van der Waals surface area contributed by atoms with Crippen LogP contribution < -0.4 is 15.8 Å². The van der Waals surface area contributed by atoms with Gasteiger partial charge in [-0.25, -0.2) is 9.38 Å². The molecule has 0 spiro atoms. The van der Waals surface area contributed by atoms with Gasteiger partial charge in [-0.1, -0.05) is 0 Å². The summed E-state index contributed by atoms with van der Waals surface area (Å²) in [6, 6.07) is 5.31. The summed E-state index contributed by atoms with van der Waals surface area (Å²) in [6.45, 7) is 1.61. The number of amides is 2. The Kier molecular flexibility index (Phi) is 4.56. The van der Waals surface area contributed by atoms with Crippen LogP contribution in [0.4, 0.5) is 10.1 Å². The van der Waals surface area contributed by atoms with Gasteiger partial charge in [-0.3, -0.25) is 14.5 Å². The maximum atomic E-state index is 14.5. The van der Waals surface area contributed by atoms with Crippen LogP contribution in [0.25, 0.3) is 0 Å². The number of ether oxygens (including phenoxy) is 1. The predicted octanol–water partition coefficient (Wildman–Crippen LogP) is 1.47. The topological polar surface area (TPSA) is 123 Å². The van der Waals surface area contributed by atoms with Crippen LogP contribution in [-0.2, 0) is 10.3 Å². The molecule has 142 valence electrons. The van der Waals surface area contributed by atoms with Crippen LogP contribution in [0.15, 0.2) is 33.8 Å². The number of halogens is 1. The van der Waals surface area contributed by atoms with Gasteiger partial charge in [0.15, 0.2) is 5.96 Å². The Bertz CT molecular complexity index is 941. The number of methoxy groups -OCH3 is 1. The highest BCUT2D eigenvalue weighted by atomic mass is 19.1. The Labute approximate surface area is 154 Å². The van der Waals surface area contributed by atoms with E-state index >= 15 is 0 Å². The van der Waals surface area contributed by atoms with Crippen LogP contribution in [0.2, 0.25) is 0 Å². The highest BCUT2D eigenvalue weighted by molar-refractivity contribution is 6.02. The van der Waals surface area contributed by atoms with Crippen LogP contribution in [0.1, 0.15) is 29.5 Å². The first kappa shape index (κ1) is 18.4. The van der Waals surface area contributed by atoms with Crippen molar-refractivity contribution < 1.29 is 23.2 Å². The number of aliphatic imine (C=N–C) groups is 1. The maximum Gasteiger partial charge on any atom is 0.294 e. The number of hydrogen-bond acceptors (Lipinski definition) is 7. The first-order chi connectivity index (χ1) is 12.7. The van der Waals surface area contributed by atoms with Gasteiger partial charge in [0.25, 0.3) is 11.8 Å². The number of hydrogen-bond donors (Lipinski definition) is 2. The Morgan fingerprint density at radius 2 is 2.19 bits per heavy atom. The molecule has 9 nitrogen and oxygen atoms in total. The minimum atomic E-state index is -1.19. The molecule has 0 bridgehead atoms. The summed E-state index contributed by atoms with van der Waals surface area (Å²) in [7, 11) is 2.89. The normalized spacial score (nSPS) is 19.6. The molecule has 3 N–H and O–H groups in total. The molecular formula is C17H18FN5O4. The second-order valence-corrected chi connectivity index (χ2v) is 6.26. The average molecular weight is 375 g/mol. The quantitative estimate of drug-likeness (QED) is 0.834. The molecule has 1 aliphatic rings. The number of carbonyl (C=O) groups is 2. The number of nitrogens with one attached hydrogen (secondary N) is 1. The van der Waals surface area contributed by atoms with Crippen molar-refractivity contribution in [2.75, 3.05) is 19.5 Å². The van der Waals surface area contributed by atoms with Gasteiger partial charge < -0.3 is 20.3 Å². The predicted molar refractivity (Wildman–Crippen MR) is 93.8 cm³/mol. The van der Waals surface area contributed by atoms with Crippen molar-refractivity contribution >= 4 is 23.5 Å². The standard InChI is InChI=1S/C17H18FN5O4/c1-17(8-14(24)23(2)16(19)21-17)10-6-9(4-5-11(10)18)20-15(25)12-7-13(26-3)22-27-12/h4-7H,8H2,1-3H3,(H2,19,21)(H,20,25). The fraction of sp³-hybridized carbons (Fsp3) is 0.294. The zero-order chi connectivity index (χ0) is 19.8. The first-order valence-electron chi connectivity index (χ1n) is 7.97. The van der Waals surface area contributed by atoms with Gasteiger partial charge >= 0.3 is 0 Å². The SMILES string of the molecule is COc1cc(C(=O)Nc2ccc(F)c(C3(C)CC(=O)N(C)C(N)=N3)c2)on1. The fourth-order valence-corrected chi connectivity index (χ4v) is 2.73.